The SMILES string of the molecule is CCOc1cc(C=NNC(=O)c2cccc(OC)c2)ccc1OCC(=O)Nc1ccccc1F. The lowest BCUT2D eigenvalue weighted by atomic mass is 10.2. The van der Waals surface area contributed by atoms with Crippen molar-refractivity contribution < 1.29 is 28.2 Å². The highest BCUT2D eigenvalue weighted by Crippen LogP contribution is 2.28. The number of methoxy groups -OCH3 is 1. The van der Waals surface area contributed by atoms with Crippen molar-refractivity contribution in [3.8, 4) is 17.2 Å². The maximum atomic E-state index is 13.7. The van der Waals surface area contributed by atoms with E-state index in [4.69, 9.17) is 14.2 Å². The molecule has 0 aromatic heterocycles. The van der Waals surface area contributed by atoms with Gasteiger partial charge in [-0.05, 0) is 61.0 Å². The lowest BCUT2D eigenvalue weighted by Crippen LogP contribution is -2.21. The summed E-state index contributed by atoms with van der Waals surface area (Å²) in [7, 11) is 1.52. The van der Waals surface area contributed by atoms with Gasteiger partial charge in [-0.2, -0.15) is 5.10 Å². The third-order valence-electron chi connectivity index (χ3n) is 4.49. The van der Waals surface area contributed by atoms with E-state index in [0.717, 1.165) is 0 Å². The van der Waals surface area contributed by atoms with E-state index in [1.165, 1.54) is 31.5 Å². The molecule has 0 atom stereocenters. The minimum Gasteiger partial charge on any atom is -0.497 e. The van der Waals surface area contributed by atoms with Crippen LogP contribution in [0.5, 0.6) is 17.2 Å². The number of anilines is 1. The highest BCUT2D eigenvalue weighted by Gasteiger charge is 2.11. The lowest BCUT2D eigenvalue weighted by Gasteiger charge is -2.13. The number of amides is 2. The van der Waals surface area contributed by atoms with Crippen molar-refractivity contribution in [1.82, 2.24) is 5.43 Å². The minimum atomic E-state index is -0.534. The highest BCUT2D eigenvalue weighted by molar-refractivity contribution is 5.95. The van der Waals surface area contributed by atoms with Gasteiger partial charge in [-0.25, -0.2) is 9.82 Å². The fourth-order valence-corrected chi connectivity index (χ4v) is 2.88. The Morgan fingerprint density at radius 1 is 1.00 bits per heavy atom. The van der Waals surface area contributed by atoms with Gasteiger partial charge >= 0.3 is 0 Å². The first kappa shape index (κ1) is 24.2. The van der Waals surface area contributed by atoms with E-state index in [-0.39, 0.29) is 18.2 Å². The van der Waals surface area contributed by atoms with Crippen LogP contribution in [0.3, 0.4) is 0 Å². The standard InChI is InChI=1S/C25H24FN3O5/c1-3-33-23-13-17(15-27-29-25(31)18-7-6-8-19(14-18)32-2)11-12-22(23)34-16-24(30)28-21-10-5-4-9-20(21)26/h4-15H,3,16H2,1-2H3,(H,28,30)(H,29,31). The number of nitrogens with zero attached hydrogens (tertiary/aromatic N) is 1. The van der Waals surface area contributed by atoms with E-state index in [0.29, 0.717) is 35.0 Å². The Morgan fingerprint density at radius 3 is 2.59 bits per heavy atom. The van der Waals surface area contributed by atoms with Crippen LogP contribution in [0.4, 0.5) is 10.1 Å². The largest absolute Gasteiger partial charge is 0.497 e. The Labute approximate surface area is 196 Å². The monoisotopic (exact) mass is 465 g/mol. The smallest absolute Gasteiger partial charge is 0.271 e. The molecule has 0 aliphatic rings. The minimum absolute atomic E-state index is 0.0729. The van der Waals surface area contributed by atoms with Crippen molar-refractivity contribution in [3.63, 3.8) is 0 Å². The Hall–Kier alpha value is -4.40. The molecular formula is C25H24FN3O5. The molecule has 3 rings (SSSR count). The van der Waals surface area contributed by atoms with E-state index in [9.17, 15) is 14.0 Å². The number of rotatable bonds is 10. The first-order chi connectivity index (χ1) is 16.5. The Bertz CT molecular complexity index is 1180. The zero-order chi connectivity index (χ0) is 24.3. The fraction of sp³-hybridized carbons (Fsp3) is 0.160. The first-order valence-electron chi connectivity index (χ1n) is 10.4. The second kappa shape index (κ2) is 12.0. The topological polar surface area (TPSA) is 98.2 Å². The summed E-state index contributed by atoms with van der Waals surface area (Å²) in [5.74, 6) is -0.143. The summed E-state index contributed by atoms with van der Waals surface area (Å²) < 4.78 is 29.9. The number of halogens is 1. The number of carbonyl (C=O) groups is 2. The normalized spacial score (nSPS) is 10.6. The second-order valence-corrected chi connectivity index (χ2v) is 6.89. The van der Waals surface area contributed by atoms with Crippen molar-refractivity contribution in [2.24, 2.45) is 5.10 Å². The molecule has 0 fully saturated rings. The van der Waals surface area contributed by atoms with Crippen LogP contribution in [0.15, 0.2) is 71.8 Å². The molecule has 34 heavy (non-hydrogen) atoms. The van der Waals surface area contributed by atoms with Gasteiger partial charge in [-0.15, -0.1) is 0 Å². The van der Waals surface area contributed by atoms with Gasteiger partial charge in [0, 0.05) is 5.56 Å². The molecule has 0 aliphatic heterocycles. The predicted molar refractivity (Wildman–Crippen MR) is 126 cm³/mol. The zero-order valence-corrected chi connectivity index (χ0v) is 18.7. The van der Waals surface area contributed by atoms with Crippen molar-refractivity contribution >= 4 is 23.7 Å². The van der Waals surface area contributed by atoms with Gasteiger partial charge in [-0.1, -0.05) is 18.2 Å². The lowest BCUT2D eigenvalue weighted by molar-refractivity contribution is -0.118. The average Bonchev–Trinajstić information content (AvgIpc) is 2.85. The summed E-state index contributed by atoms with van der Waals surface area (Å²) >= 11 is 0. The van der Waals surface area contributed by atoms with Crippen molar-refractivity contribution in [1.29, 1.82) is 0 Å². The molecule has 0 radical (unpaired) electrons. The van der Waals surface area contributed by atoms with Crippen LogP contribution < -0.4 is 25.0 Å². The molecule has 3 aromatic carbocycles. The second-order valence-electron chi connectivity index (χ2n) is 6.89. The van der Waals surface area contributed by atoms with Crippen LogP contribution in [-0.2, 0) is 4.79 Å². The number of para-hydroxylation sites is 1. The van der Waals surface area contributed by atoms with Gasteiger partial charge in [0.1, 0.15) is 11.6 Å². The molecule has 8 nitrogen and oxygen atoms in total. The van der Waals surface area contributed by atoms with Gasteiger partial charge in [-0.3, -0.25) is 9.59 Å². The fourth-order valence-electron chi connectivity index (χ4n) is 2.88. The summed E-state index contributed by atoms with van der Waals surface area (Å²) in [4.78, 5) is 24.4. The van der Waals surface area contributed by atoms with Crippen molar-refractivity contribution in [2.45, 2.75) is 6.92 Å². The number of nitrogens with one attached hydrogen (secondary N) is 2. The quantitative estimate of drug-likeness (QED) is 0.348. The summed E-state index contributed by atoms with van der Waals surface area (Å²) in [6, 6.07) is 17.5. The maximum Gasteiger partial charge on any atom is 0.271 e. The highest BCUT2D eigenvalue weighted by atomic mass is 19.1. The number of benzene rings is 3. The van der Waals surface area contributed by atoms with Crippen LogP contribution in [0.2, 0.25) is 0 Å². The van der Waals surface area contributed by atoms with Gasteiger partial charge in [0.15, 0.2) is 18.1 Å². The molecule has 0 heterocycles. The molecule has 0 bridgehead atoms. The van der Waals surface area contributed by atoms with E-state index in [1.807, 2.05) is 6.92 Å². The third kappa shape index (κ3) is 6.80. The van der Waals surface area contributed by atoms with Crippen LogP contribution in [0, 0.1) is 5.82 Å². The van der Waals surface area contributed by atoms with Crippen LogP contribution >= 0.6 is 0 Å². The van der Waals surface area contributed by atoms with Crippen LogP contribution in [0.25, 0.3) is 0 Å². The maximum absolute atomic E-state index is 13.7. The number of ether oxygens (including phenoxy) is 3. The summed E-state index contributed by atoms with van der Waals surface area (Å²) in [6.07, 6.45) is 1.45. The third-order valence-corrected chi connectivity index (χ3v) is 4.49. The predicted octanol–water partition coefficient (Wildman–Crippen LogP) is 4.01. The van der Waals surface area contributed by atoms with Gasteiger partial charge in [0.25, 0.3) is 11.8 Å². The van der Waals surface area contributed by atoms with E-state index < -0.39 is 11.7 Å². The summed E-state index contributed by atoms with van der Waals surface area (Å²) in [5, 5.41) is 6.43. The Balaban J connectivity index is 1.61. The Morgan fingerprint density at radius 2 is 1.82 bits per heavy atom. The molecule has 0 unspecified atom stereocenters. The van der Waals surface area contributed by atoms with Crippen LogP contribution in [-0.4, -0.2) is 38.4 Å². The van der Waals surface area contributed by atoms with E-state index in [2.05, 4.69) is 15.8 Å². The van der Waals surface area contributed by atoms with Crippen molar-refractivity contribution in [3.05, 3.63) is 83.7 Å². The summed E-state index contributed by atoms with van der Waals surface area (Å²) in [5.41, 5.74) is 3.57. The van der Waals surface area contributed by atoms with E-state index >= 15 is 0 Å². The molecule has 176 valence electrons. The van der Waals surface area contributed by atoms with Gasteiger partial charge < -0.3 is 19.5 Å². The van der Waals surface area contributed by atoms with Crippen LogP contribution in [0.1, 0.15) is 22.8 Å². The average molecular weight is 465 g/mol. The molecule has 0 saturated carbocycles. The Kier molecular flexibility index (Phi) is 8.56. The molecule has 2 amide bonds. The molecule has 0 aliphatic carbocycles. The van der Waals surface area contributed by atoms with Crippen molar-refractivity contribution in [2.75, 3.05) is 25.6 Å². The molecule has 3 aromatic rings. The number of carbonyl (C=O) groups excluding carboxylic acids is 2. The number of hydrogen-bond donors (Lipinski definition) is 2. The zero-order valence-electron chi connectivity index (χ0n) is 18.7. The number of hydrogen-bond acceptors (Lipinski definition) is 6. The van der Waals surface area contributed by atoms with E-state index in [1.54, 1.807) is 48.5 Å². The number of hydrazone groups is 1. The molecule has 0 saturated heterocycles. The van der Waals surface area contributed by atoms with Gasteiger partial charge in [0.05, 0.1) is 25.6 Å². The van der Waals surface area contributed by atoms with Gasteiger partial charge in [0.2, 0.25) is 0 Å². The first-order valence-corrected chi connectivity index (χ1v) is 10.4. The summed E-state index contributed by atoms with van der Waals surface area (Å²) in [6.45, 7) is 1.84. The molecule has 2 N–H and O–H groups in total. The molecular weight excluding hydrogens is 441 g/mol. The molecule has 9 heteroatoms. The molecule has 0 spiro atoms.